The number of hydrogen-bond donors (Lipinski definition) is 2. The third-order valence-corrected chi connectivity index (χ3v) is 0.891. The zero-order valence-corrected chi connectivity index (χ0v) is 7.01. The van der Waals surface area contributed by atoms with Gasteiger partial charge in [-0.15, -0.1) is 0 Å². The SMILES string of the molecule is CCCC.N#CP(=O)(O)O. The molecule has 0 aromatic carbocycles. The maximum Gasteiger partial charge on any atom is 0.426 e. The van der Waals surface area contributed by atoms with Crippen molar-refractivity contribution in [2.75, 3.05) is 0 Å². The van der Waals surface area contributed by atoms with Gasteiger partial charge in [0, 0.05) is 0 Å². The molecule has 0 aromatic heterocycles. The second-order valence-corrected chi connectivity index (χ2v) is 2.93. The smallest absolute Gasteiger partial charge is 0.314 e. The van der Waals surface area contributed by atoms with E-state index in [0.29, 0.717) is 0 Å². The molecule has 0 amide bonds. The minimum absolute atomic E-state index is 0.771. The highest BCUT2D eigenvalue weighted by atomic mass is 31.2. The lowest BCUT2D eigenvalue weighted by Crippen LogP contribution is -1.64. The highest BCUT2D eigenvalue weighted by Gasteiger charge is 2.06. The molecule has 5 heteroatoms. The lowest BCUT2D eigenvalue weighted by atomic mass is 10.4. The molecule has 0 aliphatic carbocycles. The van der Waals surface area contributed by atoms with Gasteiger partial charge in [0.1, 0.15) is 0 Å². The Kier molecular flexibility index (Phi) is 8.33. The minimum Gasteiger partial charge on any atom is -0.314 e. The lowest BCUT2D eigenvalue weighted by molar-refractivity contribution is 0.388. The predicted octanol–water partition coefficient (Wildman–Crippen LogP) is 1.45. The van der Waals surface area contributed by atoms with Crippen molar-refractivity contribution in [2.24, 2.45) is 0 Å². The van der Waals surface area contributed by atoms with Crippen molar-refractivity contribution in [3.63, 3.8) is 0 Å². The molecule has 0 aliphatic heterocycles. The summed E-state index contributed by atoms with van der Waals surface area (Å²) in [7, 11) is -4.34. The topological polar surface area (TPSA) is 81.3 Å². The molecule has 10 heavy (non-hydrogen) atoms. The molecule has 0 atom stereocenters. The third kappa shape index (κ3) is 25.4. The summed E-state index contributed by atoms with van der Waals surface area (Å²) >= 11 is 0. The zero-order chi connectivity index (χ0) is 8.62. The van der Waals surface area contributed by atoms with Crippen LogP contribution < -0.4 is 0 Å². The van der Waals surface area contributed by atoms with Crippen molar-refractivity contribution in [3.05, 3.63) is 0 Å². The van der Waals surface area contributed by atoms with E-state index in [1.165, 1.54) is 12.8 Å². The van der Waals surface area contributed by atoms with Crippen LogP contribution in [0.5, 0.6) is 0 Å². The summed E-state index contributed by atoms with van der Waals surface area (Å²) in [4.78, 5) is 15.2. The maximum absolute atomic E-state index is 9.33. The second-order valence-electron chi connectivity index (χ2n) is 1.64. The standard InChI is InChI=1S/C4H10.CH2NO3P/c1-3-4-2;2-1-6(3,4)5/h3-4H2,1-2H3;(H2,3,4,5). The van der Waals surface area contributed by atoms with Gasteiger partial charge in [-0.1, -0.05) is 26.7 Å². The maximum atomic E-state index is 9.33. The Morgan fingerprint density at radius 2 is 1.60 bits per heavy atom. The highest BCUT2D eigenvalue weighted by molar-refractivity contribution is 7.57. The lowest BCUT2D eigenvalue weighted by Gasteiger charge is -1.80. The Bertz CT molecular complexity index is 143. The molecule has 0 aliphatic rings. The molecule has 0 heterocycles. The highest BCUT2D eigenvalue weighted by Crippen LogP contribution is 2.30. The largest absolute Gasteiger partial charge is 0.426 e. The Balaban J connectivity index is 0. The Labute approximate surface area is 60.6 Å². The first-order chi connectivity index (χ1) is 4.47. The van der Waals surface area contributed by atoms with Gasteiger partial charge in [0.05, 0.1) is 0 Å². The fourth-order valence-electron chi connectivity index (χ4n) is 0. The number of nitriles is 1. The van der Waals surface area contributed by atoms with Crippen LogP contribution in [0.25, 0.3) is 0 Å². The van der Waals surface area contributed by atoms with Crippen molar-refractivity contribution in [3.8, 4) is 5.81 Å². The van der Waals surface area contributed by atoms with Gasteiger partial charge in [-0.05, 0) is 0 Å². The van der Waals surface area contributed by atoms with Crippen LogP contribution >= 0.6 is 7.60 Å². The van der Waals surface area contributed by atoms with E-state index in [4.69, 9.17) is 15.0 Å². The first-order valence-electron chi connectivity index (χ1n) is 2.94. The molecule has 0 bridgehead atoms. The van der Waals surface area contributed by atoms with Gasteiger partial charge in [0.15, 0.2) is 5.81 Å². The zero-order valence-electron chi connectivity index (χ0n) is 6.11. The molecule has 0 radical (unpaired) electrons. The fraction of sp³-hybridized carbons (Fsp3) is 0.800. The van der Waals surface area contributed by atoms with E-state index in [0.717, 1.165) is 5.81 Å². The van der Waals surface area contributed by atoms with Crippen molar-refractivity contribution in [1.82, 2.24) is 0 Å². The third-order valence-electron chi connectivity index (χ3n) is 0.630. The summed E-state index contributed by atoms with van der Waals surface area (Å²) in [6.07, 6.45) is 2.64. The summed E-state index contributed by atoms with van der Waals surface area (Å²) in [5, 5.41) is 7.39. The molecule has 2 N–H and O–H groups in total. The minimum atomic E-state index is -4.34. The Morgan fingerprint density at radius 1 is 1.40 bits per heavy atom. The van der Waals surface area contributed by atoms with Gasteiger partial charge in [-0.2, -0.15) is 5.26 Å². The summed E-state index contributed by atoms with van der Waals surface area (Å²) in [6.45, 7) is 4.36. The van der Waals surface area contributed by atoms with Gasteiger partial charge < -0.3 is 9.79 Å². The molecule has 0 aromatic rings. The predicted molar refractivity (Wildman–Crippen MR) is 38.2 cm³/mol. The quantitative estimate of drug-likeness (QED) is 0.576. The van der Waals surface area contributed by atoms with Crippen LogP contribution in [-0.4, -0.2) is 9.79 Å². The Morgan fingerprint density at radius 3 is 1.60 bits per heavy atom. The van der Waals surface area contributed by atoms with E-state index >= 15 is 0 Å². The van der Waals surface area contributed by atoms with Crippen LogP contribution in [0.4, 0.5) is 0 Å². The van der Waals surface area contributed by atoms with Crippen molar-refractivity contribution < 1.29 is 14.4 Å². The number of rotatable bonds is 1. The molecule has 0 saturated carbocycles. The molecule has 0 fully saturated rings. The number of unbranched alkanes of at least 4 members (excludes halogenated alkanes) is 1. The fourth-order valence-corrected chi connectivity index (χ4v) is 0. The van der Waals surface area contributed by atoms with E-state index in [-0.39, 0.29) is 0 Å². The monoisotopic (exact) mass is 165 g/mol. The van der Waals surface area contributed by atoms with Crippen LogP contribution in [-0.2, 0) is 4.57 Å². The van der Waals surface area contributed by atoms with Crippen LogP contribution in [0.3, 0.4) is 0 Å². The molecule has 4 nitrogen and oxygen atoms in total. The average molecular weight is 165 g/mol. The molecular weight excluding hydrogens is 153 g/mol. The van der Waals surface area contributed by atoms with Gasteiger partial charge in [0.25, 0.3) is 0 Å². The van der Waals surface area contributed by atoms with Gasteiger partial charge in [-0.3, -0.25) is 0 Å². The second kappa shape index (κ2) is 6.76. The Hall–Kier alpha value is -0.360. The normalized spacial score (nSPS) is 9.10. The molecule has 0 unspecified atom stereocenters. The van der Waals surface area contributed by atoms with Crippen LogP contribution in [0.15, 0.2) is 0 Å². The van der Waals surface area contributed by atoms with Gasteiger partial charge in [-0.25, -0.2) is 4.57 Å². The molecular formula is C5H12NO3P. The van der Waals surface area contributed by atoms with Crippen LogP contribution in [0, 0.1) is 11.1 Å². The van der Waals surface area contributed by atoms with Gasteiger partial charge in [0.2, 0.25) is 0 Å². The van der Waals surface area contributed by atoms with Crippen molar-refractivity contribution in [2.45, 2.75) is 26.7 Å². The summed E-state index contributed by atoms with van der Waals surface area (Å²) in [6, 6.07) is 0. The first kappa shape index (κ1) is 12.3. The van der Waals surface area contributed by atoms with E-state index in [1.807, 2.05) is 0 Å². The van der Waals surface area contributed by atoms with E-state index in [2.05, 4.69) is 13.8 Å². The summed E-state index contributed by atoms with van der Waals surface area (Å²) in [5.41, 5.74) is 0. The number of hydrogen-bond acceptors (Lipinski definition) is 2. The van der Waals surface area contributed by atoms with Gasteiger partial charge >= 0.3 is 7.60 Å². The molecule has 0 spiro atoms. The molecule has 0 rings (SSSR count). The molecule has 0 saturated heterocycles. The van der Waals surface area contributed by atoms with Crippen LogP contribution in [0.1, 0.15) is 26.7 Å². The van der Waals surface area contributed by atoms with E-state index in [1.54, 1.807) is 0 Å². The van der Waals surface area contributed by atoms with Crippen LogP contribution in [0.2, 0.25) is 0 Å². The summed E-state index contributed by atoms with van der Waals surface area (Å²) < 4.78 is 9.33. The van der Waals surface area contributed by atoms with Crippen molar-refractivity contribution >= 4 is 7.60 Å². The van der Waals surface area contributed by atoms with Crippen molar-refractivity contribution in [1.29, 1.82) is 5.26 Å². The molecule has 60 valence electrons. The van der Waals surface area contributed by atoms with E-state index in [9.17, 15) is 4.57 Å². The van der Waals surface area contributed by atoms with E-state index < -0.39 is 7.60 Å². The summed E-state index contributed by atoms with van der Waals surface area (Å²) in [5.74, 6) is 0.771. The number of nitrogens with zero attached hydrogens (tertiary/aromatic N) is 1. The average Bonchev–Trinajstić information content (AvgIpc) is 1.87. The first-order valence-corrected chi connectivity index (χ1v) is 4.56.